The first-order valence-corrected chi connectivity index (χ1v) is 12.1. The van der Waals surface area contributed by atoms with E-state index in [9.17, 15) is 8.42 Å². The molecule has 0 aliphatic carbocycles. The average Bonchev–Trinajstić information content (AvgIpc) is 3.35. The van der Waals surface area contributed by atoms with Crippen LogP contribution in [0.3, 0.4) is 0 Å². The molecular formula is C20H29IN4O2S2. The van der Waals surface area contributed by atoms with Gasteiger partial charge in [-0.3, -0.25) is 9.30 Å². The molecule has 3 rings (SSSR count). The molecule has 0 saturated heterocycles. The number of rotatable bonds is 8. The summed E-state index contributed by atoms with van der Waals surface area (Å²) in [6, 6.07) is 11.9. The third-order valence-corrected chi connectivity index (χ3v) is 7.60. The van der Waals surface area contributed by atoms with Crippen molar-refractivity contribution in [3.63, 3.8) is 0 Å². The van der Waals surface area contributed by atoms with Gasteiger partial charge in [0.15, 0.2) is 5.96 Å². The Bertz CT molecular complexity index is 901. The predicted octanol–water partition coefficient (Wildman–Crippen LogP) is 3.42. The van der Waals surface area contributed by atoms with Crippen molar-refractivity contribution in [3.05, 3.63) is 52.2 Å². The molecule has 160 valence electrons. The highest BCUT2D eigenvalue weighted by Gasteiger charge is 2.28. The van der Waals surface area contributed by atoms with Crippen molar-refractivity contribution in [2.45, 2.75) is 26.2 Å². The molecule has 1 aromatic carbocycles. The van der Waals surface area contributed by atoms with Gasteiger partial charge in [-0.05, 0) is 36.4 Å². The molecule has 1 unspecified atom stereocenters. The van der Waals surface area contributed by atoms with Crippen LogP contribution in [0.25, 0.3) is 0 Å². The van der Waals surface area contributed by atoms with Crippen LogP contribution >= 0.6 is 35.3 Å². The smallest absolute Gasteiger partial charge is 0.236 e. The molecule has 0 fully saturated rings. The van der Waals surface area contributed by atoms with Crippen LogP contribution in [0.2, 0.25) is 0 Å². The van der Waals surface area contributed by atoms with Crippen LogP contribution in [0.4, 0.5) is 5.69 Å². The third kappa shape index (κ3) is 6.32. The number of nitrogens with one attached hydrogen (secondary N) is 2. The first kappa shape index (κ1) is 23.9. The predicted molar refractivity (Wildman–Crippen MR) is 133 cm³/mol. The maximum absolute atomic E-state index is 12.8. The first-order chi connectivity index (χ1) is 13.5. The van der Waals surface area contributed by atoms with Crippen molar-refractivity contribution in [3.8, 4) is 0 Å². The minimum Gasteiger partial charge on any atom is -0.357 e. The summed E-state index contributed by atoms with van der Waals surface area (Å²) < 4.78 is 27.1. The van der Waals surface area contributed by atoms with E-state index >= 15 is 0 Å². The zero-order valence-electron chi connectivity index (χ0n) is 16.8. The molecule has 0 saturated carbocycles. The van der Waals surface area contributed by atoms with Crippen LogP contribution in [0.1, 0.15) is 30.2 Å². The average molecular weight is 549 g/mol. The summed E-state index contributed by atoms with van der Waals surface area (Å²) in [5, 5.41) is 8.42. The van der Waals surface area contributed by atoms with Gasteiger partial charge in [0.25, 0.3) is 0 Å². The van der Waals surface area contributed by atoms with Gasteiger partial charge >= 0.3 is 0 Å². The standard InChI is InChI=1S/C20H28N4O2S2.HI/c1-3-21-20(23-15-16(2)19-9-6-13-27-19)22-11-14-28(25,26)24-12-10-17-7-4-5-8-18(17)24;/h4-9,13,16H,3,10-12,14-15H2,1-2H3,(H2,21,22,23);1H. The first-order valence-electron chi connectivity index (χ1n) is 9.65. The van der Waals surface area contributed by atoms with Crippen molar-refractivity contribution >= 4 is 57.0 Å². The molecule has 1 aliphatic rings. The SMILES string of the molecule is CCNC(=NCC(C)c1cccs1)NCCS(=O)(=O)N1CCc2ccccc21.I. The lowest BCUT2D eigenvalue weighted by molar-refractivity contribution is 0.590. The van der Waals surface area contributed by atoms with Crippen LogP contribution in [0.5, 0.6) is 0 Å². The Morgan fingerprint density at radius 1 is 1.24 bits per heavy atom. The number of aliphatic imine (C=N–C) groups is 1. The molecule has 1 aliphatic heterocycles. The van der Waals surface area contributed by atoms with Gasteiger partial charge in [-0.25, -0.2) is 8.42 Å². The van der Waals surface area contributed by atoms with E-state index < -0.39 is 10.0 Å². The molecule has 6 nitrogen and oxygen atoms in total. The van der Waals surface area contributed by atoms with Crippen molar-refractivity contribution in [1.29, 1.82) is 0 Å². The summed E-state index contributed by atoms with van der Waals surface area (Å²) in [5.41, 5.74) is 1.91. The number of fused-ring (bicyclic) bond motifs is 1. The van der Waals surface area contributed by atoms with Gasteiger partial charge in [0.05, 0.1) is 18.0 Å². The number of halogens is 1. The molecule has 1 aromatic heterocycles. The molecule has 2 N–H and O–H groups in total. The molecule has 29 heavy (non-hydrogen) atoms. The topological polar surface area (TPSA) is 73.8 Å². The zero-order chi connectivity index (χ0) is 20.0. The lowest BCUT2D eigenvalue weighted by atomic mass is 10.1. The van der Waals surface area contributed by atoms with Gasteiger partial charge in [-0.2, -0.15) is 0 Å². The largest absolute Gasteiger partial charge is 0.357 e. The fraction of sp³-hybridized carbons (Fsp3) is 0.450. The van der Waals surface area contributed by atoms with E-state index in [0.29, 0.717) is 31.5 Å². The highest BCUT2D eigenvalue weighted by molar-refractivity contribution is 14.0. The Morgan fingerprint density at radius 3 is 2.76 bits per heavy atom. The van der Waals surface area contributed by atoms with Gasteiger partial charge in [-0.1, -0.05) is 31.2 Å². The Morgan fingerprint density at radius 2 is 2.03 bits per heavy atom. The molecule has 1 atom stereocenters. The number of hydrogen-bond acceptors (Lipinski definition) is 4. The number of anilines is 1. The number of hydrogen-bond donors (Lipinski definition) is 2. The molecule has 0 amide bonds. The summed E-state index contributed by atoms with van der Waals surface area (Å²) in [6.45, 7) is 6.37. The number of thiophene rings is 1. The van der Waals surface area contributed by atoms with Crippen molar-refractivity contribution in [2.24, 2.45) is 4.99 Å². The number of sulfonamides is 1. The van der Waals surface area contributed by atoms with Crippen LogP contribution in [0.15, 0.2) is 46.8 Å². The summed E-state index contributed by atoms with van der Waals surface area (Å²) in [4.78, 5) is 5.92. The van der Waals surface area contributed by atoms with Crippen LogP contribution in [0, 0.1) is 0 Å². The van der Waals surface area contributed by atoms with E-state index in [1.807, 2.05) is 37.3 Å². The van der Waals surface area contributed by atoms with Gasteiger partial charge in [0, 0.05) is 30.4 Å². The normalized spacial score (nSPS) is 14.8. The molecule has 2 aromatic rings. The highest BCUT2D eigenvalue weighted by Crippen LogP contribution is 2.29. The Labute approximate surface area is 194 Å². The maximum Gasteiger partial charge on any atom is 0.236 e. The van der Waals surface area contributed by atoms with Crippen molar-refractivity contribution in [1.82, 2.24) is 10.6 Å². The minimum atomic E-state index is -3.36. The van der Waals surface area contributed by atoms with E-state index in [4.69, 9.17) is 0 Å². The van der Waals surface area contributed by atoms with E-state index in [1.165, 1.54) is 9.18 Å². The van der Waals surface area contributed by atoms with E-state index in [-0.39, 0.29) is 29.7 Å². The summed E-state index contributed by atoms with van der Waals surface area (Å²) >= 11 is 1.73. The summed E-state index contributed by atoms with van der Waals surface area (Å²) in [6.07, 6.45) is 0.771. The fourth-order valence-corrected chi connectivity index (χ4v) is 5.44. The maximum atomic E-state index is 12.8. The quantitative estimate of drug-likeness (QED) is 0.301. The second kappa shape index (κ2) is 11.2. The number of guanidine groups is 1. The molecule has 0 spiro atoms. The van der Waals surface area contributed by atoms with E-state index in [0.717, 1.165) is 24.2 Å². The third-order valence-electron chi connectivity index (χ3n) is 4.73. The minimum absolute atomic E-state index is 0. The second-order valence-electron chi connectivity index (χ2n) is 6.83. The molecule has 0 radical (unpaired) electrons. The summed E-state index contributed by atoms with van der Waals surface area (Å²) in [5.74, 6) is 1.02. The zero-order valence-corrected chi connectivity index (χ0v) is 20.8. The number of para-hydroxylation sites is 1. The van der Waals surface area contributed by atoms with Gasteiger partial charge < -0.3 is 10.6 Å². The fourth-order valence-electron chi connectivity index (χ4n) is 3.24. The van der Waals surface area contributed by atoms with Crippen molar-refractivity contribution in [2.75, 3.05) is 36.2 Å². The monoisotopic (exact) mass is 548 g/mol. The van der Waals surface area contributed by atoms with Gasteiger partial charge in [0.2, 0.25) is 10.0 Å². The molecule has 2 heterocycles. The Balaban J connectivity index is 0.00000300. The van der Waals surface area contributed by atoms with Crippen LogP contribution in [-0.2, 0) is 16.4 Å². The molecular weight excluding hydrogens is 519 g/mol. The highest BCUT2D eigenvalue weighted by atomic mass is 127. The van der Waals surface area contributed by atoms with Crippen molar-refractivity contribution < 1.29 is 8.42 Å². The van der Waals surface area contributed by atoms with Crippen LogP contribution in [-0.4, -0.2) is 46.3 Å². The lowest BCUT2D eigenvalue weighted by Crippen LogP contribution is -2.42. The number of nitrogens with zero attached hydrogens (tertiary/aromatic N) is 2. The van der Waals surface area contributed by atoms with E-state index in [2.05, 4.69) is 34.0 Å². The second-order valence-corrected chi connectivity index (χ2v) is 9.82. The molecule has 9 heteroatoms. The summed E-state index contributed by atoms with van der Waals surface area (Å²) in [7, 11) is -3.36. The Kier molecular flexibility index (Phi) is 9.22. The van der Waals surface area contributed by atoms with Gasteiger partial charge in [-0.15, -0.1) is 35.3 Å². The van der Waals surface area contributed by atoms with Crippen LogP contribution < -0.4 is 14.9 Å². The van der Waals surface area contributed by atoms with E-state index in [1.54, 1.807) is 11.3 Å². The Hall–Kier alpha value is -1.33. The lowest BCUT2D eigenvalue weighted by Gasteiger charge is -2.20. The number of benzene rings is 1. The molecule has 0 bridgehead atoms. The van der Waals surface area contributed by atoms with Gasteiger partial charge in [0.1, 0.15) is 0 Å².